The molecule has 1 N–H and O–H groups in total. The van der Waals surface area contributed by atoms with Crippen LogP contribution >= 0.6 is 0 Å². The average Bonchev–Trinajstić information content (AvgIpc) is 2.90. The second-order valence-corrected chi connectivity index (χ2v) is 6.55. The predicted molar refractivity (Wildman–Crippen MR) is 102 cm³/mol. The molecule has 0 saturated carbocycles. The van der Waals surface area contributed by atoms with Crippen LogP contribution in [-0.4, -0.2) is 13.1 Å². The molecule has 1 atom stereocenters. The number of nitrogens with one attached hydrogen (secondary N) is 1. The maximum absolute atomic E-state index is 5.91. The molecule has 126 valence electrons. The van der Waals surface area contributed by atoms with Crippen molar-refractivity contribution in [2.24, 2.45) is 0 Å². The van der Waals surface area contributed by atoms with Crippen LogP contribution in [0.1, 0.15) is 28.2 Å². The van der Waals surface area contributed by atoms with Crippen molar-refractivity contribution < 1.29 is 4.74 Å². The molecule has 3 aromatic rings. The Bertz CT molecular complexity index is 811. The molecule has 3 aromatic carbocycles. The van der Waals surface area contributed by atoms with Crippen molar-refractivity contribution in [3.05, 3.63) is 101 Å². The van der Waals surface area contributed by atoms with Crippen LogP contribution in [0.5, 0.6) is 5.75 Å². The molecule has 0 aromatic heterocycles. The minimum absolute atomic E-state index is 0.405. The van der Waals surface area contributed by atoms with Gasteiger partial charge in [0.2, 0.25) is 0 Å². The smallest absolute Gasteiger partial charge is 0.119 e. The zero-order valence-electron chi connectivity index (χ0n) is 14.3. The third-order valence-electron chi connectivity index (χ3n) is 4.88. The monoisotopic (exact) mass is 329 g/mol. The number of benzene rings is 3. The van der Waals surface area contributed by atoms with Crippen LogP contribution < -0.4 is 10.1 Å². The Morgan fingerprint density at radius 3 is 2.44 bits per heavy atom. The average molecular weight is 329 g/mol. The fourth-order valence-corrected chi connectivity index (χ4v) is 3.52. The zero-order chi connectivity index (χ0) is 16.9. The van der Waals surface area contributed by atoms with Gasteiger partial charge in [-0.05, 0) is 47.4 Å². The number of ether oxygens (including phenoxy) is 1. The number of hydrogen-bond acceptors (Lipinski definition) is 2. The van der Waals surface area contributed by atoms with E-state index >= 15 is 0 Å². The van der Waals surface area contributed by atoms with Crippen LogP contribution in [0.25, 0.3) is 0 Å². The maximum atomic E-state index is 5.91. The Balaban J connectivity index is 1.50. The lowest BCUT2D eigenvalue weighted by molar-refractivity contribution is 0.306. The minimum Gasteiger partial charge on any atom is -0.489 e. The first kappa shape index (κ1) is 15.9. The van der Waals surface area contributed by atoms with Gasteiger partial charge in [-0.25, -0.2) is 0 Å². The van der Waals surface area contributed by atoms with E-state index in [-0.39, 0.29) is 0 Å². The van der Waals surface area contributed by atoms with Gasteiger partial charge in [0.15, 0.2) is 0 Å². The molecule has 0 bridgehead atoms. The summed E-state index contributed by atoms with van der Waals surface area (Å²) >= 11 is 0. The summed E-state index contributed by atoms with van der Waals surface area (Å²) in [5, 5.41) is 3.57. The molecule has 2 heteroatoms. The highest BCUT2D eigenvalue weighted by Crippen LogP contribution is 2.30. The SMILES string of the molecule is c1ccc(COc2ccc(C3CNCCc4ccccc43)cc2)cc1. The van der Waals surface area contributed by atoms with Gasteiger partial charge in [0.25, 0.3) is 0 Å². The van der Waals surface area contributed by atoms with E-state index in [0.29, 0.717) is 12.5 Å². The first-order valence-electron chi connectivity index (χ1n) is 8.95. The second-order valence-electron chi connectivity index (χ2n) is 6.55. The Morgan fingerprint density at radius 2 is 1.60 bits per heavy atom. The molecule has 25 heavy (non-hydrogen) atoms. The molecule has 0 amide bonds. The zero-order valence-corrected chi connectivity index (χ0v) is 14.3. The first-order valence-corrected chi connectivity index (χ1v) is 8.95. The lowest BCUT2D eigenvalue weighted by Gasteiger charge is -2.18. The highest BCUT2D eigenvalue weighted by Gasteiger charge is 2.19. The Kier molecular flexibility index (Phi) is 4.80. The molecular weight excluding hydrogens is 306 g/mol. The highest BCUT2D eigenvalue weighted by atomic mass is 16.5. The molecule has 0 fully saturated rings. The van der Waals surface area contributed by atoms with Crippen molar-refractivity contribution >= 4 is 0 Å². The molecule has 1 aliphatic heterocycles. The summed E-state index contributed by atoms with van der Waals surface area (Å²) in [6, 6.07) is 27.7. The molecule has 0 radical (unpaired) electrons. The van der Waals surface area contributed by atoms with Gasteiger partial charge >= 0.3 is 0 Å². The summed E-state index contributed by atoms with van der Waals surface area (Å²) < 4.78 is 5.91. The summed E-state index contributed by atoms with van der Waals surface area (Å²) in [6.45, 7) is 2.64. The third-order valence-corrected chi connectivity index (χ3v) is 4.88. The Labute approximate surface area is 149 Å². The van der Waals surface area contributed by atoms with Gasteiger partial charge in [0, 0.05) is 12.5 Å². The molecule has 4 rings (SSSR count). The van der Waals surface area contributed by atoms with Crippen molar-refractivity contribution in [1.82, 2.24) is 5.32 Å². The fraction of sp³-hybridized carbons (Fsp3) is 0.217. The van der Waals surface area contributed by atoms with E-state index in [1.165, 1.54) is 22.3 Å². The summed E-state index contributed by atoms with van der Waals surface area (Å²) in [6.07, 6.45) is 1.10. The van der Waals surface area contributed by atoms with Gasteiger partial charge < -0.3 is 10.1 Å². The lowest BCUT2D eigenvalue weighted by atomic mass is 9.88. The van der Waals surface area contributed by atoms with Crippen LogP contribution in [0.2, 0.25) is 0 Å². The predicted octanol–water partition coefficient (Wildman–Crippen LogP) is 4.54. The highest BCUT2D eigenvalue weighted by molar-refractivity contribution is 5.41. The second kappa shape index (κ2) is 7.54. The molecule has 1 aliphatic rings. The van der Waals surface area contributed by atoms with Crippen LogP contribution in [0.15, 0.2) is 78.9 Å². The van der Waals surface area contributed by atoms with E-state index < -0.39 is 0 Å². The van der Waals surface area contributed by atoms with E-state index in [9.17, 15) is 0 Å². The van der Waals surface area contributed by atoms with Gasteiger partial charge in [0.1, 0.15) is 12.4 Å². The molecule has 0 aliphatic carbocycles. The van der Waals surface area contributed by atoms with Crippen molar-refractivity contribution in [3.63, 3.8) is 0 Å². The number of fused-ring (bicyclic) bond motifs is 1. The quantitative estimate of drug-likeness (QED) is 0.758. The summed E-state index contributed by atoms with van der Waals surface area (Å²) in [7, 11) is 0. The molecule has 2 nitrogen and oxygen atoms in total. The Hall–Kier alpha value is -2.58. The van der Waals surface area contributed by atoms with Crippen molar-refractivity contribution in [1.29, 1.82) is 0 Å². The fourth-order valence-electron chi connectivity index (χ4n) is 3.52. The summed E-state index contributed by atoms with van der Waals surface area (Å²) in [5.41, 5.74) is 5.44. The van der Waals surface area contributed by atoms with Gasteiger partial charge in [-0.3, -0.25) is 0 Å². The third kappa shape index (κ3) is 3.75. The van der Waals surface area contributed by atoms with E-state index in [2.05, 4.69) is 66.0 Å². The normalized spacial score (nSPS) is 16.7. The Morgan fingerprint density at radius 1 is 0.840 bits per heavy atom. The molecule has 0 spiro atoms. The topological polar surface area (TPSA) is 21.3 Å². The van der Waals surface area contributed by atoms with Gasteiger partial charge in [-0.1, -0.05) is 66.7 Å². The van der Waals surface area contributed by atoms with Gasteiger partial charge in [0.05, 0.1) is 0 Å². The van der Waals surface area contributed by atoms with Crippen LogP contribution in [0, 0.1) is 0 Å². The van der Waals surface area contributed by atoms with E-state index in [4.69, 9.17) is 4.74 Å². The van der Waals surface area contributed by atoms with Crippen LogP contribution in [0.3, 0.4) is 0 Å². The van der Waals surface area contributed by atoms with Crippen molar-refractivity contribution in [2.75, 3.05) is 13.1 Å². The maximum Gasteiger partial charge on any atom is 0.119 e. The minimum atomic E-state index is 0.405. The molecule has 1 unspecified atom stereocenters. The molecule has 0 saturated heterocycles. The van der Waals surface area contributed by atoms with Crippen LogP contribution in [-0.2, 0) is 13.0 Å². The number of rotatable bonds is 4. The molecule has 1 heterocycles. The van der Waals surface area contributed by atoms with E-state index in [0.717, 1.165) is 25.3 Å². The van der Waals surface area contributed by atoms with E-state index in [1.54, 1.807) is 0 Å². The number of hydrogen-bond donors (Lipinski definition) is 1. The van der Waals surface area contributed by atoms with Crippen molar-refractivity contribution in [2.45, 2.75) is 18.9 Å². The summed E-state index contributed by atoms with van der Waals surface area (Å²) in [4.78, 5) is 0. The van der Waals surface area contributed by atoms with Crippen LogP contribution in [0.4, 0.5) is 0 Å². The standard InChI is InChI=1S/C23H23NO/c1-2-6-18(7-3-1)17-25-21-12-10-20(11-13-21)23-16-24-15-14-19-8-4-5-9-22(19)23/h1-13,23-24H,14-17H2. The van der Waals surface area contributed by atoms with Gasteiger partial charge in [-0.2, -0.15) is 0 Å². The molecular formula is C23H23NO. The van der Waals surface area contributed by atoms with E-state index in [1.807, 2.05) is 18.2 Å². The van der Waals surface area contributed by atoms with Gasteiger partial charge in [-0.15, -0.1) is 0 Å². The van der Waals surface area contributed by atoms with Crippen molar-refractivity contribution in [3.8, 4) is 5.75 Å². The summed E-state index contributed by atoms with van der Waals surface area (Å²) in [5.74, 6) is 1.32. The largest absolute Gasteiger partial charge is 0.489 e. The lowest BCUT2D eigenvalue weighted by Crippen LogP contribution is -2.20. The first-order chi connectivity index (χ1) is 12.4.